The molecule has 5 heteroatoms. The fourth-order valence-electron chi connectivity index (χ4n) is 1.68. The highest BCUT2D eigenvalue weighted by molar-refractivity contribution is 6.02. The van der Waals surface area contributed by atoms with E-state index in [4.69, 9.17) is 9.15 Å². The molecule has 0 radical (unpaired) electrons. The maximum Gasteiger partial charge on any atom is 0.351 e. The second kappa shape index (κ2) is 4.18. The molecule has 5 nitrogen and oxygen atoms in total. The van der Waals surface area contributed by atoms with Gasteiger partial charge >= 0.3 is 5.63 Å². The van der Waals surface area contributed by atoms with E-state index < -0.39 is 23.6 Å². The lowest BCUT2D eigenvalue weighted by atomic mass is 10.0. The van der Waals surface area contributed by atoms with Crippen molar-refractivity contribution in [1.29, 1.82) is 0 Å². The Morgan fingerprint density at radius 3 is 2.76 bits per heavy atom. The first kappa shape index (κ1) is 11.6. The number of Topliss-reactive ketones (excluding diaryl/α,β-unsaturated/α-hetero) is 1. The topological polar surface area (TPSA) is 76.7 Å². The van der Waals surface area contributed by atoms with Gasteiger partial charge in [-0.15, -0.1) is 0 Å². The lowest BCUT2D eigenvalue weighted by molar-refractivity contribution is 0.0280. The summed E-state index contributed by atoms with van der Waals surface area (Å²) in [5.74, 6) is -0.177. The first-order valence-electron chi connectivity index (χ1n) is 5.24. The van der Waals surface area contributed by atoms with Crippen molar-refractivity contribution in [3.63, 3.8) is 0 Å². The molecule has 1 N–H and O–H groups in total. The molecule has 2 atom stereocenters. The van der Waals surface area contributed by atoms with Gasteiger partial charge in [0, 0.05) is 6.07 Å². The Morgan fingerprint density at radius 2 is 2.12 bits per heavy atom. The van der Waals surface area contributed by atoms with Gasteiger partial charge in [0.1, 0.15) is 23.2 Å². The van der Waals surface area contributed by atoms with Gasteiger partial charge in [-0.1, -0.05) is 6.08 Å². The van der Waals surface area contributed by atoms with E-state index in [1.165, 1.54) is 6.07 Å². The fraction of sp³-hybridized carbons (Fsp3) is 0.333. The lowest BCUT2D eigenvalue weighted by Crippen LogP contribution is -2.42. The quantitative estimate of drug-likeness (QED) is 0.787. The van der Waals surface area contributed by atoms with Crippen LogP contribution >= 0.6 is 0 Å². The second-order valence-electron chi connectivity index (χ2n) is 3.81. The van der Waals surface area contributed by atoms with E-state index in [0.717, 1.165) is 0 Å². The predicted octanol–water partition coefficient (Wildman–Crippen LogP) is 0.997. The molecule has 1 aliphatic rings. The maximum absolute atomic E-state index is 11.7. The summed E-state index contributed by atoms with van der Waals surface area (Å²) >= 11 is 0. The number of fused-ring (bicyclic) bond motifs is 1. The summed E-state index contributed by atoms with van der Waals surface area (Å²) in [5.41, 5.74) is -1.00. The molecule has 17 heavy (non-hydrogen) atoms. The van der Waals surface area contributed by atoms with E-state index in [-0.39, 0.29) is 11.3 Å². The van der Waals surface area contributed by atoms with Crippen LogP contribution in [0, 0.1) is 0 Å². The number of hydrogen-bond acceptors (Lipinski definition) is 5. The number of carbonyl (C=O) groups is 1. The van der Waals surface area contributed by atoms with E-state index in [9.17, 15) is 14.7 Å². The minimum Gasteiger partial charge on any atom is -0.486 e. The molecular weight excluding hydrogens is 224 g/mol. The van der Waals surface area contributed by atoms with Gasteiger partial charge in [0.05, 0.1) is 0 Å². The number of allylic oxidation sites excluding steroid dienone is 1. The first-order valence-corrected chi connectivity index (χ1v) is 5.24. The van der Waals surface area contributed by atoms with Crippen molar-refractivity contribution in [1.82, 2.24) is 0 Å². The molecule has 2 rings (SSSR count). The highest BCUT2D eigenvalue weighted by Crippen LogP contribution is 2.26. The number of rotatable bonds is 1. The van der Waals surface area contributed by atoms with Crippen molar-refractivity contribution in [2.75, 3.05) is 0 Å². The smallest absolute Gasteiger partial charge is 0.351 e. The Hall–Kier alpha value is -1.88. The highest BCUT2D eigenvalue weighted by Gasteiger charge is 2.36. The molecule has 0 aliphatic carbocycles. The molecule has 0 unspecified atom stereocenters. The van der Waals surface area contributed by atoms with Crippen LogP contribution in [0.2, 0.25) is 0 Å². The molecule has 0 bridgehead atoms. The molecule has 0 spiro atoms. The van der Waals surface area contributed by atoms with Gasteiger partial charge in [0.15, 0.2) is 6.10 Å². The van der Waals surface area contributed by atoms with Crippen molar-refractivity contribution in [2.45, 2.75) is 26.1 Å². The molecule has 0 fully saturated rings. The SMILES string of the molecule is C/C=C/c1cc2c(c(=O)o1)C(=O)[C@H](O)[C@H](C)O2. The van der Waals surface area contributed by atoms with Crippen LogP contribution in [0.4, 0.5) is 0 Å². The van der Waals surface area contributed by atoms with Gasteiger partial charge in [-0.05, 0) is 19.9 Å². The van der Waals surface area contributed by atoms with Gasteiger partial charge < -0.3 is 14.3 Å². The third-order valence-electron chi connectivity index (χ3n) is 2.54. The number of hydrogen-bond donors (Lipinski definition) is 1. The lowest BCUT2D eigenvalue weighted by Gasteiger charge is -2.25. The van der Waals surface area contributed by atoms with E-state index in [0.29, 0.717) is 5.76 Å². The fourth-order valence-corrected chi connectivity index (χ4v) is 1.68. The minimum atomic E-state index is -1.32. The van der Waals surface area contributed by atoms with Gasteiger partial charge in [0.2, 0.25) is 5.78 Å². The van der Waals surface area contributed by atoms with Crippen LogP contribution in [-0.4, -0.2) is 23.1 Å². The third-order valence-corrected chi connectivity index (χ3v) is 2.54. The molecule has 1 aromatic rings. The molecule has 0 saturated carbocycles. The number of carbonyl (C=O) groups excluding carboxylic acids is 1. The zero-order valence-electron chi connectivity index (χ0n) is 9.47. The zero-order valence-corrected chi connectivity index (χ0v) is 9.47. The summed E-state index contributed by atoms with van der Waals surface area (Å²) in [6.07, 6.45) is 1.30. The molecular formula is C12H12O5. The molecule has 2 heterocycles. The van der Waals surface area contributed by atoms with Gasteiger partial charge in [-0.2, -0.15) is 0 Å². The Morgan fingerprint density at radius 1 is 1.41 bits per heavy atom. The molecule has 90 valence electrons. The Balaban J connectivity index is 2.60. The van der Waals surface area contributed by atoms with Crippen molar-refractivity contribution >= 4 is 11.9 Å². The van der Waals surface area contributed by atoms with Crippen LogP contribution in [0.3, 0.4) is 0 Å². The summed E-state index contributed by atoms with van der Waals surface area (Å²) in [7, 11) is 0. The normalized spacial score (nSPS) is 23.6. The van der Waals surface area contributed by atoms with Crippen molar-refractivity contribution in [2.24, 2.45) is 0 Å². The van der Waals surface area contributed by atoms with Gasteiger partial charge in [-0.3, -0.25) is 4.79 Å². The van der Waals surface area contributed by atoms with Gasteiger partial charge in [0.25, 0.3) is 0 Å². The molecule has 0 amide bonds. The van der Waals surface area contributed by atoms with Gasteiger partial charge in [-0.25, -0.2) is 4.79 Å². The number of ketones is 1. The second-order valence-corrected chi connectivity index (χ2v) is 3.81. The largest absolute Gasteiger partial charge is 0.486 e. The number of aliphatic hydroxyl groups excluding tert-OH is 1. The van der Waals surface area contributed by atoms with Crippen molar-refractivity contribution in [3.05, 3.63) is 33.9 Å². The zero-order chi connectivity index (χ0) is 12.6. The van der Waals surface area contributed by atoms with E-state index in [1.54, 1.807) is 26.0 Å². The average Bonchev–Trinajstić information content (AvgIpc) is 2.25. The summed E-state index contributed by atoms with van der Waals surface area (Å²) in [4.78, 5) is 23.3. The van der Waals surface area contributed by atoms with Crippen molar-refractivity contribution in [3.8, 4) is 5.75 Å². The highest BCUT2D eigenvalue weighted by atomic mass is 16.5. The van der Waals surface area contributed by atoms with Crippen LogP contribution in [-0.2, 0) is 0 Å². The molecule has 1 aromatic heterocycles. The number of ether oxygens (including phenoxy) is 1. The Labute approximate surface area is 97.3 Å². The van der Waals surface area contributed by atoms with Crippen LogP contribution in [0.15, 0.2) is 21.4 Å². The van der Waals surface area contributed by atoms with E-state index in [1.807, 2.05) is 0 Å². The maximum atomic E-state index is 11.7. The van der Waals surface area contributed by atoms with Crippen LogP contribution < -0.4 is 10.4 Å². The summed E-state index contributed by atoms with van der Waals surface area (Å²) in [6.45, 7) is 3.34. The minimum absolute atomic E-state index is 0.164. The Bertz CT molecular complexity index is 540. The predicted molar refractivity (Wildman–Crippen MR) is 60.1 cm³/mol. The standard InChI is InChI=1S/C12H12O5/c1-3-4-7-5-8-9(12(15)17-7)11(14)10(13)6(2)16-8/h3-6,10,13H,1-2H3/b4-3+/t6-,10+/m0/s1. The summed E-state index contributed by atoms with van der Waals surface area (Å²) in [6, 6.07) is 1.47. The molecule has 0 aromatic carbocycles. The first-order chi connectivity index (χ1) is 8.04. The van der Waals surface area contributed by atoms with Crippen LogP contribution in [0.1, 0.15) is 30.0 Å². The van der Waals surface area contributed by atoms with Crippen LogP contribution in [0.5, 0.6) is 5.75 Å². The molecule has 0 saturated heterocycles. The summed E-state index contributed by atoms with van der Waals surface area (Å²) < 4.78 is 10.2. The van der Waals surface area contributed by atoms with Crippen molar-refractivity contribution < 1.29 is 19.1 Å². The third kappa shape index (κ3) is 1.89. The summed E-state index contributed by atoms with van der Waals surface area (Å²) in [5, 5.41) is 9.52. The molecule has 1 aliphatic heterocycles. The Kier molecular flexibility index (Phi) is 2.85. The van der Waals surface area contributed by atoms with E-state index in [2.05, 4.69) is 0 Å². The monoisotopic (exact) mass is 236 g/mol. The average molecular weight is 236 g/mol. The van der Waals surface area contributed by atoms with E-state index >= 15 is 0 Å². The number of aliphatic hydroxyl groups is 1. The van der Waals surface area contributed by atoms with Crippen LogP contribution in [0.25, 0.3) is 6.08 Å².